The zero-order chi connectivity index (χ0) is 13.0. The third-order valence-electron chi connectivity index (χ3n) is 2.53. The summed E-state index contributed by atoms with van der Waals surface area (Å²) in [6, 6.07) is 0. The molecule has 1 rings (SSSR count). The lowest BCUT2D eigenvalue weighted by molar-refractivity contribution is -0.205. The minimum absolute atomic E-state index is 0.333. The average molecular weight is 266 g/mol. The Kier molecular flexibility index (Phi) is 5.63. The number of hydrogen-bond donors (Lipinski definition) is 5. The van der Waals surface area contributed by atoms with Crippen LogP contribution in [0.5, 0.6) is 0 Å². The molecule has 0 aliphatic carbocycles. The van der Waals surface area contributed by atoms with Crippen LogP contribution in [0.15, 0.2) is 4.99 Å². The Morgan fingerprint density at radius 1 is 1.29 bits per heavy atom. The van der Waals surface area contributed by atoms with Crippen molar-refractivity contribution in [3.8, 4) is 0 Å². The van der Waals surface area contributed by atoms with E-state index in [1.54, 1.807) is 7.05 Å². The summed E-state index contributed by atoms with van der Waals surface area (Å²) in [6.07, 6.45) is -4.80. The number of nitrogens with two attached hydrogens (primary N) is 1. The summed E-state index contributed by atoms with van der Waals surface area (Å²) in [5.74, 6) is 0.714. The molecule has 5 unspecified atom stereocenters. The summed E-state index contributed by atoms with van der Waals surface area (Å²) in [7, 11) is 1.54. The number of aliphatic imine (C=N–C) groups is 1. The smallest absolute Gasteiger partial charge is 0.132 e. The minimum Gasteiger partial charge on any atom is -0.394 e. The molecular weight excluding hydrogens is 248 g/mol. The summed E-state index contributed by atoms with van der Waals surface area (Å²) in [6.45, 7) is -0.431. The molecule has 0 aromatic rings. The second-order valence-electron chi connectivity index (χ2n) is 3.72. The van der Waals surface area contributed by atoms with Crippen LogP contribution in [0.3, 0.4) is 0 Å². The highest BCUT2D eigenvalue weighted by Gasteiger charge is 2.43. The van der Waals surface area contributed by atoms with Crippen molar-refractivity contribution in [2.24, 2.45) is 10.7 Å². The molecule has 0 radical (unpaired) electrons. The van der Waals surface area contributed by atoms with E-state index in [-0.39, 0.29) is 0 Å². The Bertz CT molecular complexity index is 276. The van der Waals surface area contributed by atoms with Crippen molar-refractivity contribution in [1.29, 1.82) is 0 Å². The van der Waals surface area contributed by atoms with Gasteiger partial charge in [-0.1, -0.05) is 0 Å². The van der Waals surface area contributed by atoms with Crippen LogP contribution in [0.25, 0.3) is 0 Å². The van der Waals surface area contributed by atoms with Gasteiger partial charge >= 0.3 is 0 Å². The lowest BCUT2D eigenvalue weighted by Gasteiger charge is -2.39. The highest BCUT2D eigenvalue weighted by atomic mass is 32.2. The van der Waals surface area contributed by atoms with Crippen molar-refractivity contribution in [3.63, 3.8) is 0 Å². The van der Waals surface area contributed by atoms with Gasteiger partial charge in [-0.05, 0) is 0 Å². The van der Waals surface area contributed by atoms with Crippen molar-refractivity contribution >= 4 is 17.6 Å². The number of aliphatic hydroxyl groups excluding tert-OH is 4. The molecule has 100 valence electrons. The van der Waals surface area contributed by atoms with Crippen molar-refractivity contribution in [1.82, 2.24) is 0 Å². The van der Waals surface area contributed by atoms with Crippen LogP contribution in [0.1, 0.15) is 0 Å². The molecule has 0 saturated carbocycles. The molecule has 1 heterocycles. The van der Waals surface area contributed by atoms with Gasteiger partial charge in [0.1, 0.15) is 35.7 Å². The van der Waals surface area contributed by atoms with Crippen LogP contribution in [0, 0.1) is 0 Å². The van der Waals surface area contributed by atoms with E-state index in [1.165, 1.54) is 0 Å². The molecule has 0 aromatic carbocycles. The number of nitrogens with zero attached hydrogens (tertiary/aromatic N) is 1. The molecule has 0 bridgehead atoms. The van der Waals surface area contributed by atoms with Crippen molar-refractivity contribution < 1.29 is 25.2 Å². The molecule has 1 aliphatic heterocycles. The summed E-state index contributed by atoms with van der Waals surface area (Å²) < 4.78 is 5.27. The zero-order valence-corrected chi connectivity index (χ0v) is 10.2. The normalized spacial score (nSPS) is 39.4. The van der Waals surface area contributed by atoms with Crippen molar-refractivity contribution in [2.45, 2.75) is 29.9 Å². The van der Waals surface area contributed by atoms with Crippen LogP contribution in [-0.4, -0.2) is 75.5 Å². The molecule has 1 aliphatic rings. The van der Waals surface area contributed by atoms with Crippen LogP contribution >= 0.6 is 11.8 Å². The highest BCUT2D eigenvalue weighted by molar-refractivity contribution is 8.00. The molecule has 1 saturated heterocycles. The number of amidine groups is 1. The summed E-state index contributed by atoms with van der Waals surface area (Å²) in [5.41, 5.74) is 4.74. The Hall–Kier alpha value is -0.380. The maximum absolute atomic E-state index is 9.69. The van der Waals surface area contributed by atoms with Gasteiger partial charge in [-0.2, -0.15) is 0 Å². The first-order chi connectivity index (χ1) is 8.01. The molecule has 8 heteroatoms. The molecule has 7 nitrogen and oxygen atoms in total. The predicted molar refractivity (Wildman–Crippen MR) is 63.8 cm³/mol. The number of ether oxygens (including phenoxy) is 1. The van der Waals surface area contributed by atoms with E-state index in [2.05, 4.69) is 4.99 Å². The van der Waals surface area contributed by atoms with E-state index in [4.69, 9.17) is 15.6 Å². The van der Waals surface area contributed by atoms with Gasteiger partial charge in [-0.25, -0.2) is 0 Å². The second-order valence-corrected chi connectivity index (χ2v) is 4.81. The zero-order valence-electron chi connectivity index (χ0n) is 9.43. The fourth-order valence-corrected chi connectivity index (χ4v) is 2.48. The summed E-state index contributed by atoms with van der Waals surface area (Å²) in [5, 5.41) is 37.7. The number of hydrogen-bond acceptors (Lipinski definition) is 7. The van der Waals surface area contributed by atoms with Crippen LogP contribution in [0.4, 0.5) is 0 Å². The quantitative estimate of drug-likeness (QED) is 0.281. The predicted octanol–water partition coefficient (Wildman–Crippen LogP) is -2.49. The van der Waals surface area contributed by atoms with E-state index in [0.29, 0.717) is 11.6 Å². The third kappa shape index (κ3) is 3.54. The number of rotatable bonds is 4. The summed E-state index contributed by atoms with van der Waals surface area (Å²) >= 11 is 1.15. The van der Waals surface area contributed by atoms with Gasteiger partial charge in [-0.3, -0.25) is 4.99 Å². The summed E-state index contributed by atoms with van der Waals surface area (Å²) in [4.78, 5) is 3.75. The highest BCUT2D eigenvalue weighted by Crippen LogP contribution is 2.28. The Balaban J connectivity index is 2.59. The van der Waals surface area contributed by atoms with Gasteiger partial charge in [0.05, 0.1) is 12.4 Å². The number of thioether (sulfide) groups is 1. The van der Waals surface area contributed by atoms with E-state index in [1.807, 2.05) is 0 Å². The van der Waals surface area contributed by atoms with Crippen LogP contribution < -0.4 is 5.73 Å². The molecule has 0 amide bonds. The van der Waals surface area contributed by atoms with Gasteiger partial charge < -0.3 is 30.9 Å². The van der Waals surface area contributed by atoms with E-state index < -0.39 is 36.5 Å². The standard InChI is InChI=1S/C9H18N2O5S/c1-11-5(10)3-17-9-8(15)7(14)6(13)4(2-12)16-9/h4,6-9,12-15H,2-3H2,1H3,(H2,10,11). The minimum atomic E-state index is -1.35. The SMILES string of the molecule is CN=C(N)CSC1OC(CO)C(O)C(O)C1O. The van der Waals surface area contributed by atoms with Gasteiger partial charge in [0.2, 0.25) is 0 Å². The molecule has 0 spiro atoms. The molecule has 1 fully saturated rings. The van der Waals surface area contributed by atoms with Gasteiger partial charge in [-0.15, -0.1) is 11.8 Å². The lowest BCUT2D eigenvalue weighted by atomic mass is 10.0. The molecule has 0 aromatic heterocycles. The van der Waals surface area contributed by atoms with Gasteiger partial charge in [0.15, 0.2) is 0 Å². The van der Waals surface area contributed by atoms with Gasteiger partial charge in [0.25, 0.3) is 0 Å². The Morgan fingerprint density at radius 2 is 1.94 bits per heavy atom. The molecule has 17 heavy (non-hydrogen) atoms. The second kappa shape index (κ2) is 6.53. The Morgan fingerprint density at radius 3 is 2.47 bits per heavy atom. The lowest BCUT2D eigenvalue weighted by Crippen LogP contribution is -2.57. The van der Waals surface area contributed by atoms with E-state index in [9.17, 15) is 15.3 Å². The first-order valence-corrected chi connectivity index (χ1v) is 6.19. The molecule has 6 N–H and O–H groups in total. The first kappa shape index (κ1) is 14.7. The van der Waals surface area contributed by atoms with Gasteiger partial charge in [0, 0.05) is 7.05 Å². The topological polar surface area (TPSA) is 129 Å². The van der Waals surface area contributed by atoms with Crippen molar-refractivity contribution in [2.75, 3.05) is 19.4 Å². The maximum Gasteiger partial charge on any atom is 0.132 e. The molecular formula is C9H18N2O5S. The van der Waals surface area contributed by atoms with E-state index >= 15 is 0 Å². The monoisotopic (exact) mass is 266 g/mol. The fraction of sp³-hybridized carbons (Fsp3) is 0.889. The average Bonchev–Trinajstić information content (AvgIpc) is 2.34. The van der Waals surface area contributed by atoms with Crippen LogP contribution in [-0.2, 0) is 4.74 Å². The molecule has 5 atom stereocenters. The third-order valence-corrected chi connectivity index (χ3v) is 3.71. The fourth-order valence-electron chi connectivity index (χ4n) is 1.44. The maximum atomic E-state index is 9.69. The number of aliphatic hydroxyl groups is 4. The first-order valence-electron chi connectivity index (χ1n) is 5.14. The largest absolute Gasteiger partial charge is 0.394 e. The van der Waals surface area contributed by atoms with E-state index in [0.717, 1.165) is 11.8 Å². The van der Waals surface area contributed by atoms with Crippen LogP contribution in [0.2, 0.25) is 0 Å². The Labute approximate surface area is 103 Å². The van der Waals surface area contributed by atoms with Crippen molar-refractivity contribution in [3.05, 3.63) is 0 Å².